The topological polar surface area (TPSA) is 84.6 Å². The number of nitrogens with one attached hydrogen (secondary N) is 1. The quantitative estimate of drug-likeness (QED) is 0.684. The Morgan fingerprint density at radius 1 is 1.53 bits per heavy atom. The molecular weight excluding hydrogens is 244 g/mol. The Balaban J connectivity index is 2.02. The molecule has 0 radical (unpaired) electrons. The molecule has 2 aliphatic rings. The predicted octanol–water partition coefficient (Wildman–Crippen LogP) is 0.262. The van der Waals surface area contributed by atoms with Crippen LogP contribution < -0.4 is 11.1 Å². The van der Waals surface area contributed by atoms with Crippen molar-refractivity contribution in [3.63, 3.8) is 0 Å². The third kappa shape index (κ3) is 1.99. The predicted molar refractivity (Wildman–Crippen MR) is 72.4 cm³/mol. The van der Waals surface area contributed by atoms with Gasteiger partial charge in [0.25, 0.3) is 0 Å². The molecule has 1 amide bonds. The molecule has 1 aliphatic carbocycles. The van der Waals surface area contributed by atoms with Gasteiger partial charge in [0.2, 0.25) is 5.91 Å². The van der Waals surface area contributed by atoms with Crippen LogP contribution in [0.25, 0.3) is 0 Å². The highest BCUT2D eigenvalue weighted by molar-refractivity contribution is 5.89. The zero-order valence-corrected chi connectivity index (χ0v) is 12.3. The fourth-order valence-corrected chi connectivity index (χ4v) is 3.42. The number of fused-ring (bicyclic) bond motifs is 1. The van der Waals surface area contributed by atoms with Crippen molar-refractivity contribution in [1.29, 1.82) is 0 Å². The van der Waals surface area contributed by atoms with E-state index in [2.05, 4.69) is 5.32 Å². The number of nitrogens with two attached hydrogens (primary N) is 1. The molecule has 0 aromatic carbocycles. The Morgan fingerprint density at radius 2 is 2.16 bits per heavy atom. The van der Waals surface area contributed by atoms with Crippen molar-refractivity contribution in [3.8, 4) is 0 Å². The maximum atomic E-state index is 12.4. The van der Waals surface area contributed by atoms with E-state index in [1.54, 1.807) is 0 Å². The van der Waals surface area contributed by atoms with E-state index in [4.69, 9.17) is 10.5 Å². The van der Waals surface area contributed by atoms with E-state index < -0.39 is 11.6 Å². The van der Waals surface area contributed by atoms with Gasteiger partial charge in [0.15, 0.2) is 0 Å². The first-order valence-electron chi connectivity index (χ1n) is 7.09. The lowest BCUT2D eigenvalue weighted by molar-refractivity contribution is -0.175. The zero-order chi connectivity index (χ0) is 14.4. The number of aliphatic hydroxyl groups is 1. The maximum Gasteiger partial charge on any atom is 0.241 e. The average Bonchev–Trinajstić information content (AvgIpc) is 2.82. The molecule has 1 saturated heterocycles. The second-order valence-electron chi connectivity index (χ2n) is 6.80. The van der Waals surface area contributed by atoms with E-state index in [-0.39, 0.29) is 35.8 Å². The van der Waals surface area contributed by atoms with Gasteiger partial charge in [-0.1, -0.05) is 27.7 Å². The molecule has 4 unspecified atom stereocenters. The monoisotopic (exact) mass is 270 g/mol. The number of hydrogen-bond acceptors (Lipinski definition) is 4. The summed E-state index contributed by atoms with van der Waals surface area (Å²) in [7, 11) is 0. The molecule has 4 atom stereocenters. The Morgan fingerprint density at radius 3 is 2.74 bits per heavy atom. The summed E-state index contributed by atoms with van der Waals surface area (Å²) in [6.45, 7) is 8.74. The molecule has 19 heavy (non-hydrogen) atoms. The Bertz CT molecular complexity index is 370. The fraction of sp³-hybridized carbons (Fsp3) is 0.929. The van der Waals surface area contributed by atoms with Crippen LogP contribution >= 0.6 is 0 Å². The minimum absolute atomic E-state index is 0.0817. The molecule has 0 bridgehead atoms. The molecular formula is C14H26N2O3. The summed E-state index contributed by atoms with van der Waals surface area (Å²) < 4.78 is 5.67. The summed E-state index contributed by atoms with van der Waals surface area (Å²) in [6, 6.07) is 0. The SMILES string of the molecule is CC(C)C(O)CNC(=O)C1(N)C2CCOC2C1(C)C. The Hall–Kier alpha value is -0.650. The number of rotatable bonds is 4. The average molecular weight is 270 g/mol. The molecule has 110 valence electrons. The fourth-order valence-electron chi connectivity index (χ4n) is 3.42. The van der Waals surface area contributed by atoms with Crippen LogP contribution in [0, 0.1) is 17.3 Å². The third-order valence-electron chi connectivity index (χ3n) is 5.07. The van der Waals surface area contributed by atoms with Gasteiger partial charge in [-0.15, -0.1) is 0 Å². The van der Waals surface area contributed by atoms with Crippen molar-refractivity contribution in [2.24, 2.45) is 23.0 Å². The van der Waals surface area contributed by atoms with Crippen LogP contribution in [0.3, 0.4) is 0 Å². The lowest BCUT2D eigenvalue weighted by Gasteiger charge is -2.60. The minimum atomic E-state index is -0.884. The first-order chi connectivity index (χ1) is 8.73. The summed E-state index contributed by atoms with van der Waals surface area (Å²) >= 11 is 0. The van der Waals surface area contributed by atoms with Gasteiger partial charge >= 0.3 is 0 Å². The van der Waals surface area contributed by atoms with Crippen molar-refractivity contribution in [3.05, 3.63) is 0 Å². The lowest BCUT2D eigenvalue weighted by atomic mass is 9.48. The van der Waals surface area contributed by atoms with E-state index >= 15 is 0 Å². The standard InChI is InChI=1S/C14H26N2O3/c1-8(2)10(17)7-16-12(18)14(15)9-5-6-19-11(9)13(14,3)4/h8-11,17H,5-7,15H2,1-4H3,(H,16,18). The van der Waals surface area contributed by atoms with Gasteiger partial charge in [-0.3, -0.25) is 4.79 Å². The molecule has 0 aromatic rings. The molecule has 0 spiro atoms. The number of amides is 1. The second-order valence-corrected chi connectivity index (χ2v) is 6.80. The lowest BCUT2D eigenvalue weighted by Crippen LogP contribution is -2.80. The van der Waals surface area contributed by atoms with E-state index in [1.807, 2.05) is 27.7 Å². The van der Waals surface area contributed by atoms with Gasteiger partial charge in [0.1, 0.15) is 5.54 Å². The molecule has 1 saturated carbocycles. The van der Waals surface area contributed by atoms with Crippen molar-refractivity contribution >= 4 is 5.91 Å². The van der Waals surface area contributed by atoms with Gasteiger partial charge in [0.05, 0.1) is 12.2 Å². The van der Waals surface area contributed by atoms with E-state index in [0.29, 0.717) is 6.61 Å². The van der Waals surface area contributed by atoms with Crippen LogP contribution in [0.5, 0.6) is 0 Å². The molecule has 2 rings (SSSR count). The smallest absolute Gasteiger partial charge is 0.241 e. The van der Waals surface area contributed by atoms with Crippen molar-refractivity contribution in [1.82, 2.24) is 5.32 Å². The van der Waals surface area contributed by atoms with Gasteiger partial charge in [-0.2, -0.15) is 0 Å². The molecule has 0 aromatic heterocycles. The summed E-state index contributed by atoms with van der Waals surface area (Å²) in [6.07, 6.45) is 0.384. The van der Waals surface area contributed by atoms with E-state index in [0.717, 1.165) is 6.42 Å². The van der Waals surface area contributed by atoms with E-state index in [9.17, 15) is 9.90 Å². The van der Waals surface area contributed by atoms with Crippen molar-refractivity contribution < 1.29 is 14.6 Å². The minimum Gasteiger partial charge on any atom is -0.391 e. The first kappa shape index (κ1) is 14.8. The largest absolute Gasteiger partial charge is 0.391 e. The first-order valence-corrected chi connectivity index (χ1v) is 7.09. The highest BCUT2D eigenvalue weighted by Crippen LogP contribution is 2.58. The maximum absolute atomic E-state index is 12.4. The van der Waals surface area contributed by atoms with Crippen molar-refractivity contribution in [2.45, 2.75) is 51.9 Å². The van der Waals surface area contributed by atoms with Crippen molar-refractivity contribution in [2.75, 3.05) is 13.2 Å². The van der Waals surface area contributed by atoms with E-state index in [1.165, 1.54) is 0 Å². The Kier molecular flexibility index (Phi) is 3.66. The number of carbonyl (C=O) groups excluding carboxylic acids is 1. The molecule has 4 N–H and O–H groups in total. The Labute approximate surface area is 114 Å². The second kappa shape index (κ2) is 4.72. The number of aliphatic hydroxyl groups excluding tert-OH is 1. The van der Waals surface area contributed by atoms with Gasteiger partial charge < -0.3 is 20.9 Å². The molecule has 2 fully saturated rings. The highest BCUT2D eigenvalue weighted by atomic mass is 16.5. The number of ether oxygens (including phenoxy) is 1. The van der Waals surface area contributed by atoms with Gasteiger partial charge in [-0.25, -0.2) is 0 Å². The summed E-state index contributed by atoms with van der Waals surface area (Å²) in [5.41, 5.74) is 5.15. The van der Waals surface area contributed by atoms with Crippen LogP contribution in [0.2, 0.25) is 0 Å². The normalized spacial score (nSPS) is 37.6. The molecule has 5 heteroatoms. The van der Waals surface area contributed by atoms with Crippen LogP contribution in [-0.2, 0) is 9.53 Å². The summed E-state index contributed by atoms with van der Waals surface area (Å²) in [5, 5.41) is 12.6. The number of carbonyl (C=O) groups is 1. The summed E-state index contributed by atoms with van der Waals surface area (Å²) in [4.78, 5) is 12.4. The van der Waals surface area contributed by atoms with Gasteiger partial charge in [0, 0.05) is 24.5 Å². The van der Waals surface area contributed by atoms with Crippen LogP contribution in [-0.4, -0.2) is 41.9 Å². The molecule has 5 nitrogen and oxygen atoms in total. The third-order valence-corrected chi connectivity index (χ3v) is 5.07. The van der Waals surface area contributed by atoms with Crippen LogP contribution in [0.15, 0.2) is 0 Å². The van der Waals surface area contributed by atoms with Gasteiger partial charge in [-0.05, 0) is 12.3 Å². The summed E-state index contributed by atoms with van der Waals surface area (Å²) in [5.74, 6) is 0.0497. The highest BCUT2D eigenvalue weighted by Gasteiger charge is 2.71. The molecule has 1 aliphatic heterocycles. The van der Waals surface area contributed by atoms with Crippen LogP contribution in [0.4, 0.5) is 0 Å². The molecule has 1 heterocycles. The zero-order valence-electron chi connectivity index (χ0n) is 12.3. The van der Waals surface area contributed by atoms with Crippen LogP contribution in [0.1, 0.15) is 34.1 Å². The number of hydrogen-bond donors (Lipinski definition) is 3.